The van der Waals surface area contributed by atoms with E-state index >= 15 is 0 Å². The molecule has 1 aliphatic rings. The largest absolute Gasteiger partial charge is 0.460 e. The lowest BCUT2D eigenvalue weighted by atomic mass is 9.93. The Morgan fingerprint density at radius 3 is 2.43 bits per heavy atom. The number of nitrogens with zero attached hydrogens (tertiary/aromatic N) is 2. The van der Waals surface area contributed by atoms with Crippen LogP contribution in [0.4, 0.5) is 4.79 Å². The third kappa shape index (κ3) is 5.86. The maximum atomic E-state index is 12.0. The van der Waals surface area contributed by atoms with Crippen LogP contribution in [0.3, 0.4) is 0 Å². The van der Waals surface area contributed by atoms with Crippen molar-refractivity contribution in [2.24, 2.45) is 0 Å². The zero-order valence-electron chi connectivity index (χ0n) is 13.7. The van der Waals surface area contributed by atoms with E-state index in [4.69, 9.17) is 16.3 Å². The summed E-state index contributed by atoms with van der Waals surface area (Å²) < 4.78 is 5.75. The van der Waals surface area contributed by atoms with Gasteiger partial charge in [-0.05, 0) is 38.5 Å². The zero-order valence-corrected chi connectivity index (χ0v) is 14.5. The summed E-state index contributed by atoms with van der Waals surface area (Å²) >= 11 is 5.75. The van der Waals surface area contributed by atoms with Gasteiger partial charge in [-0.1, -0.05) is 25.4 Å². The fourth-order valence-corrected chi connectivity index (χ4v) is 2.84. The molecule has 0 aliphatic heterocycles. The van der Waals surface area contributed by atoms with Crippen LogP contribution in [0.1, 0.15) is 52.4 Å². The SMILES string of the molecule is CCC(CC)NC(=O)NC1CCC(Oc2ncc(Cl)cn2)CC1. The molecule has 0 saturated heterocycles. The van der Waals surface area contributed by atoms with E-state index < -0.39 is 0 Å². The van der Waals surface area contributed by atoms with Gasteiger partial charge in [0.15, 0.2) is 0 Å². The van der Waals surface area contributed by atoms with E-state index in [0.717, 1.165) is 38.5 Å². The number of hydrogen-bond acceptors (Lipinski definition) is 4. The molecule has 2 amide bonds. The van der Waals surface area contributed by atoms with Gasteiger partial charge >= 0.3 is 12.0 Å². The molecule has 6 nitrogen and oxygen atoms in total. The van der Waals surface area contributed by atoms with E-state index in [0.29, 0.717) is 11.0 Å². The van der Waals surface area contributed by atoms with E-state index in [-0.39, 0.29) is 24.2 Å². The molecular weight excluding hydrogens is 316 g/mol. The number of rotatable bonds is 6. The fraction of sp³-hybridized carbons (Fsp3) is 0.688. The van der Waals surface area contributed by atoms with Crippen LogP contribution >= 0.6 is 11.6 Å². The highest BCUT2D eigenvalue weighted by molar-refractivity contribution is 6.30. The number of urea groups is 1. The Balaban J connectivity index is 1.71. The standard InChI is InChI=1S/C16H25ClN4O2/c1-3-12(4-2)20-15(22)21-13-5-7-14(8-6-13)23-16-18-9-11(17)10-19-16/h9-10,12-14H,3-8H2,1-2H3,(H2,20,21,22). The highest BCUT2D eigenvalue weighted by Gasteiger charge is 2.24. The number of hydrogen-bond donors (Lipinski definition) is 2. The minimum atomic E-state index is -0.0656. The first-order chi connectivity index (χ1) is 11.1. The molecule has 2 rings (SSSR count). The van der Waals surface area contributed by atoms with Crippen LogP contribution in [0.2, 0.25) is 5.02 Å². The summed E-state index contributed by atoms with van der Waals surface area (Å²) in [6.07, 6.45) is 8.60. The van der Waals surface area contributed by atoms with Crippen molar-refractivity contribution >= 4 is 17.6 Å². The molecule has 1 aromatic heterocycles. The van der Waals surface area contributed by atoms with Crippen molar-refractivity contribution in [3.63, 3.8) is 0 Å². The van der Waals surface area contributed by atoms with Crippen LogP contribution in [-0.2, 0) is 0 Å². The second kappa shape index (κ2) is 8.91. The number of nitrogens with one attached hydrogen (secondary N) is 2. The van der Waals surface area contributed by atoms with E-state index in [2.05, 4.69) is 34.4 Å². The monoisotopic (exact) mass is 340 g/mol. The van der Waals surface area contributed by atoms with Gasteiger partial charge in [0, 0.05) is 12.1 Å². The molecule has 1 fully saturated rings. The summed E-state index contributed by atoms with van der Waals surface area (Å²) in [5.41, 5.74) is 0. The predicted molar refractivity (Wildman–Crippen MR) is 89.8 cm³/mol. The summed E-state index contributed by atoms with van der Waals surface area (Å²) in [7, 11) is 0. The minimum Gasteiger partial charge on any atom is -0.460 e. The van der Waals surface area contributed by atoms with Crippen LogP contribution in [-0.4, -0.2) is 34.2 Å². The predicted octanol–water partition coefficient (Wildman–Crippen LogP) is 3.31. The summed E-state index contributed by atoms with van der Waals surface area (Å²) in [5.74, 6) is 0. The van der Waals surface area contributed by atoms with Gasteiger partial charge < -0.3 is 15.4 Å². The Hall–Kier alpha value is -1.56. The average molecular weight is 341 g/mol. The number of aromatic nitrogens is 2. The van der Waals surface area contributed by atoms with Crippen molar-refractivity contribution in [3.05, 3.63) is 17.4 Å². The third-order valence-electron chi connectivity index (χ3n) is 4.20. The molecule has 0 radical (unpaired) electrons. The summed E-state index contributed by atoms with van der Waals surface area (Å²) in [6, 6.07) is 0.744. The van der Waals surface area contributed by atoms with E-state index in [9.17, 15) is 4.79 Å². The van der Waals surface area contributed by atoms with Crippen LogP contribution in [0.15, 0.2) is 12.4 Å². The maximum absolute atomic E-state index is 12.0. The Morgan fingerprint density at radius 1 is 1.26 bits per heavy atom. The van der Waals surface area contributed by atoms with Crippen molar-refractivity contribution in [2.75, 3.05) is 0 Å². The Labute approximate surface area is 142 Å². The Morgan fingerprint density at radius 2 is 1.87 bits per heavy atom. The lowest BCUT2D eigenvalue weighted by molar-refractivity contribution is 0.128. The fourth-order valence-electron chi connectivity index (χ4n) is 2.74. The van der Waals surface area contributed by atoms with Crippen LogP contribution in [0.5, 0.6) is 6.01 Å². The summed E-state index contributed by atoms with van der Waals surface area (Å²) in [5, 5.41) is 6.56. The second-order valence-corrected chi connectivity index (χ2v) is 6.34. The number of halogens is 1. The first kappa shape index (κ1) is 17.8. The van der Waals surface area contributed by atoms with Gasteiger partial charge in [-0.25, -0.2) is 14.8 Å². The quantitative estimate of drug-likeness (QED) is 0.833. The molecule has 0 atom stereocenters. The first-order valence-electron chi connectivity index (χ1n) is 8.31. The molecule has 2 N–H and O–H groups in total. The van der Waals surface area contributed by atoms with Gasteiger partial charge in [-0.2, -0.15) is 0 Å². The number of amides is 2. The molecule has 0 unspecified atom stereocenters. The van der Waals surface area contributed by atoms with E-state index in [1.165, 1.54) is 12.4 Å². The number of carbonyl (C=O) groups is 1. The Bertz CT molecular complexity index is 485. The first-order valence-corrected chi connectivity index (χ1v) is 8.69. The normalized spacial score (nSPS) is 21.0. The summed E-state index contributed by atoms with van der Waals surface area (Å²) in [4.78, 5) is 20.1. The van der Waals surface area contributed by atoms with Crippen molar-refractivity contribution < 1.29 is 9.53 Å². The molecule has 1 aromatic rings. The maximum Gasteiger partial charge on any atom is 0.316 e. The molecule has 23 heavy (non-hydrogen) atoms. The minimum absolute atomic E-state index is 0.0656. The van der Waals surface area contributed by atoms with Crippen molar-refractivity contribution in [2.45, 2.75) is 70.6 Å². The van der Waals surface area contributed by atoms with Crippen LogP contribution in [0.25, 0.3) is 0 Å². The molecule has 0 bridgehead atoms. The lowest BCUT2D eigenvalue weighted by Gasteiger charge is -2.29. The molecule has 1 heterocycles. The summed E-state index contributed by atoms with van der Waals surface area (Å²) in [6.45, 7) is 4.16. The molecule has 7 heteroatoms. The lowest BCUT2D eigenvalue weighted by Crippen LogP contribution is -2.47. The van der Waals surface area contributed by atoms with Crippen LogP contribution < -0.4 is 15.4 Å². The number of ether oxygens (including phenoxy) is 1. The van der Waals surface area contributed by atoms with Crippen molar-refractivity contribution in [1.29, 1.82) is 0 Å². The van der Waals surface area contributed by atoms with E-state index in [1.807, 2.05) is 0 Å². The van der Waals surface area contributed by atoms with Crippen molar-refractivity contribution in [3.8, 4) is 6.01 Å². The van der Waals surface area contributed by atoms with Gasteiger partial charge in [0.2, 0.25) is 0 Å². The topological polar surface area (TPSA) is 76.1 Å². The average Bonchev–Trinajstić information content (AvgIpc) is 2.56. The number of carbonyl (C=O) groups excluding carboxylic acids is 1. The molecular formula is C16H25ClN4O2. The van der Waals surface area contributed by atoms with Gasteiger partial charge in [-0.15, -0.1) is 0 Å². The molecule has 128 valence electrons. The second-order valence-electron chi connectivity index (χ2n) is 5.91. The van der Waals surface area contributed by atoms with Crippen LogP contribution in [0, 0.1) is 0 Å². The van der Waals surface area contributed by atoms with Gasteiger partial charge in [0.1, 0.15) is 6.10 Å². The zero-order chi connectivity index (χ0) is 16.7. The highest BCUT2D eigenvalue weighted by Crippen LogP contribution is 2.22. The highest BCUT2D eigenvalue weighted by atomic mass is 35.5. The molecule has 1 aliphatic carbocycles. The van der Waals surface area contributed by atoms with E-state index in [1.54, 1.807) is 0 Å². The third-order valence-corrected chi connectivity index (χ3v) is 4.39. The Kier molecular flexibility index (Phi) is 6.89. The van der Waals surface area contributed by atoms with Crippen molar-refractivity contribution in [1.82, 2.24) is 20.6 Å². The smallest absolute Gasteiger partial charge is 0.316 e. The van der Waals surface area contributed by atoms with Gasteiger partial charge in [0.05, 0.1) is 17.4 Å². The van der Waals surface area contributed by atoms with Gasteiger partial charge in [-0.3, -0.25) is 0 Å². The van der Waals surface area contributed by atoms with Gasteiger partial charge in [0.25, 0.3) is 0 Å². The molecule has 0 spiro atoms. The molecule has 0 aromatic carbocycles. The molecule has 1 saturated carbocycles.